The summed E-state index contributed by atoms with van der Waals surface area (Å²) >= 11 is 0. The zero-order valence-corrected chi connectivity index (χ0v) is 37.9. The number of hydrogen-bond acceptors (Lipinski definition) is 5. The van der Waals surface area contributed by atoms with Crippen LogP contribution < -0.4 is 5.32 Å². The van der Waals surface area contributed by atoms with Gasteiger partial charge in [0.05, 0.1) is 25.2 Å². The monoisotopic (exact) mass is 810 g/mol. The highest BCUT2D eigenvalue weighted by Gasteiger charge is 2.24. The molecular formula is C52H91NO5. The number of aliphatic hydroxyl groups excluding tert-OH is 2. The molecule has 0 saturated heterocycles. The first-order valence-corrected chi connectivity index (χ1v) is 24.2. The van der Waals surface area contributed by atoms with Gasteiger partial charge in [0, 0.05) is 6.42 Å². The lowest BCUT2D eigenvalue weighted by molar-refractivity contribution is -0.151. The Morgan fingerprint density at radius 3 is 1.53 bits per heavy atom. The smallest absolute Gasteiger partial charge is 0.306 e. The number of carbonyl (C=O) groups excluding carboxylic acids is 2. The molecule has 0 fully saturated rings. The second-order valence-electron chi connectivity index (χ2n) is 16.2. The van der Waals surface area contributed by atoms with E-state index in [1.807, 2.05) is 48.6 Å². The highest BCUT2D eigenvalue weighted by molar-refractivity contribution is 5.77. The minimum atomic E-state index is -0.809. The van der Waals surface area contributed by atoms with Crippen LogP contribution in [0.5, 0.6) is 0 Å². The summed E-state index contributed by atoms with van der Waals surface area (Å²) in [6, 6.07) is -0.727. The lowest BCUT2D eigenvalue weighted by Gasteiger charge is -2.24. The molecule has 0 heterocycles. The van der Waals surface area contributed by atoms with E-state index in [9.17, 15) is 19.8 Å². The van der Waals surface area contributed by atoms with E-state index in [0.717, 1.165) is 64.2 Å². The van der Waals surface area contributed by atoms with E-state index in [2.05, 4.69) is 50.4 Å². The summed E-state index contributed by atoms with van der Waals surface area (Å²) in [5.74, 6) is -0.561. The fraction of sp³-hybridized carbons (Fsp3) is 0.731. The van der Waals surface area contributed by atoms with Crippen molar-refractivity contribution in [1.82, 2.24) is 5.32 Å². The second kappa shape index (κ2) is 45.4. The van der Waals surface area contributed by atoms with Crippen LogP contribution in [0.3, 0.4) is 0 Å². The molecule has 3 N–H and O–H groups in total. The Labute approximate surface area is 358 Å². The average molecular weight is 810 g/mol. The molecule has 6 nitrogen and oxygen atoms in total. The van der Waals surface area contributed by atoms with Gasteiger partial charge in [-0.1, -0.05) is 222 Å². The first kappa shape index (κ1) is 55.3. The third-order valence-electron chi connectivity index (χ3n) is 10.6. The summed E-state index contributed by atoms with van der Waals surface area (Å²) in [6.07, 6.45) is 56.8. The Kier molecular flexibility index (Phi) is 43.3. The van der Waals surface area contributed by atoms with Crippen molar-refractivity contribution >= 4 is 11.9 Å². The Hall–Kier alpha value is -2.70. The number of esters is 1. The number of amides is 1. The third-order valence-corrected chi connectivity index (χ3v) is 10.6. The maximum Gasteiger partial charge on any atom is 0.306 e. The summed E-state index contributed by atoms with van der Waals surface area (Å²) in [7, 11) is 0. The van der Waals surface area contributed by atoms with Gasteiger partial charge in [-0.25, -0.2) is 0 Å². The quantitative estimate of drug-likeness (QED) is 0.0247. The molecule has 0 aromatic rings. The van der Waals surface area contributed by atoms with Gasteiger partial charge in [0.25, 0.3) is 0 Å². The first-order chi connectivity index (χ1) is 28.5. The van der Waals surface area contributed by atoms with Gasteiger partial charge in [0.2, 0.25) is 5.91 Å². The number of rotatable bonds is 42. The number of nitrogens with one attached hydrogen (secondary N) is 1. The van der Waals surface area contributed by atoms with E-state index in [1.54, 1.807) is 0 Å². The summed E-state index contributed by atoms with van der Waals surface area (Å²) in [4.78, 5) is 26.0. The first-order valence-electron chi connectivity index (χ1n) is 24.2. The molecule has 0 aliphatic carbocycles. The minimum Gasteiger partial charge on any atom is -0.462 e. The van der Waals surface area contributed by atoms with Crippen LogP contribution in [0.4, 0.5) is 0 Å². The molecule has 3 atom stereocenters. The molecule has 0 saturated carbocycles. The lowest BCUT2D eigenvalue weighted by atomic mass is 10.0. The fourth-order valence-electron chi connectivity index (χ4n) is 6.97. The van der Waals surface area contributed by atoms with Crippen LogP contribution in [-0.4, -0.2) is 46.9 Å². The lowest BCUT2D eigenvalue weighted by Crippen LogP contribution is -2.46. The Balaban J connectivity index is 4.67. The molecule has 0 rings (SSSR count). The molecular weight excluding hydrogens is 719 g/mol. The van der Waals surface area contributed by atoms with Gasteiger partial charge in [-0.15, -0.1) is 0 Å². The average Bonchev–Trinajstić information content (AvgIpc) is 3.22. The molecule has 0 aromatic heterocycles. The highest BCUT2D eigenvalue weighted by atomic mass is 16.5. The van der Waals surface area contributed by atoms with Crippen molar-refractivity contribution in [2.45, 2.75) is 238 Å². The molecule has 0 aromatic carbocycles. The van der Waals surface area contributed by atoms with Crippen molar-refractivity contribution in [1.29, 1.82) is 0 Å². The summed E-state index contributed by atoms with van der Waals surface area (Å²) < 4.78 is 5.86. The largest absolute Gasteiger partial charge is 0.462 e. The third kappa shape index (κ3) is 40.1. The molecule has 334 valence electrons. The molecule has 1 amide bonds. The number of unbranched alkanes of at least 4 members (excludes halogenated alkanes) is 22. The van der Waals surface area contributed by atoms with Gasteiger partial charge >= 0.3 is 5.97 Å². The molecule has 0 radical (unpaired) electrons. The zero-order chi connectivity index (χ0) is 42.4. The predicted molar refractivity (Wildman–Crippen MR) is 250 cm³/mol. The van der Waals surface area contributed by atoms with Crippen molar-refractivity contribution in [3.05, 3.63) is 72.9 Å². The topological polar surface area (TPSA) is 95.9 Å². The van der Waals surface area contributed by atoms with E-state index < -0.39 is 18.2 Å². The van der Waals surface area contributed by atoms with Crippen molar-refractivity contribution in [2.75, 3.05) is 6.61 Å². The van der Waals surface area contributed by atoms with Gasteiger partial charge in [0.1, 0.15) is 6.10 Å². The molecule has 0 bridgehead atoms. The van der Waals surface area contributed by atoms with Gasteiger partial charge in [-0.3, -0.25) is 9.59 Å². The van der Waals surface area contributed by atoms with Gasteiger partial charge in [-0.05, 0) is 57.8 Å². The van der Waals surface area contributed by atoms with Crippen molar-refractivity contribution in [3.8, 4) is 0 Å². The molecule has 0 spiro atoms. The normalized spacial score (nSPS) is 13.9. The fourth-order valence-corrected chi connectivity index (χ4v) is 6.97. The summed E-state index contributed by atoms with van der Waals surface area (Å²) in [6.45, 7) is 6.27. The van der Waals surface area contributed by atoms with Gasteiger partial charge in [-0.2, -0.15) is 0 Å². The van der Waals surface area contributed by atoms with Crippen molar-refractivity contribution in [3.63, 3.8) is 0 Å². The van der Waals surface area contributed by atoms with Crippen LogP contribution in [0.15, 0.2) is 72.9 Å². The summed E-state index contributed by atoms with van der Waals surface area (Å²) in [5, 5.41) is 23.7. The van der Waals surface area contributed by atoms with E-state index >= 15 is 0 Å². The number of aliphatic hydroxyl groups is 2. The Morgan fingerprint density at radius 1 is 0.517 bits per heavy atom. The number of ether oxygens (including phenoxy) is 1. The van der Waals surface area contributed by atoms with Gasteiger partial charge in [0.15, 0.2) is 0 Å². The Bertz CT molecular complexity index is 1090. The van der Waals surface area contributed by atoms with Crippen LogP contribution in [0.1, 0.15) is 220 Å². The second-order valence-corrected chi connectivity index (χ2v) is 16.2. The minimum absolute atomic E-state index is 0.0229. The number of allylic oxidation sites excluding steroid dienone is 12. The van der Waals surface area contributed by atoms with Gasteiger partial charge < -0.3 is 20.3 Å². The number of hydrogen-bond donors (Lipinski definition) is 3. The van der Waals surface area contributed by atoms with Crippen LogP contribution in [0.25, 0.3) is 0 Å². The SMILES string of the molecule is CC/C=C/C=C/C=C\C=C/C=C/CCCC(CC(=O)NC(CO)C(O)CCCCCCCCCCCCCCCCC)OC(=O)CCCCCCC/C=C\CCCC. The molecule has 58 heavy (non-hydrogen) atoms. The van der Waals surface area contributed by atoms with Crippen molar-refractivity contribution in [2.24, 2.45) is 0 Å². The van der Waals surface area contributed by atoms with Crippen LogP contribution in [0, 0.1) is 0 Å². The van der Waals surface area contributed by atoms with E-state index in [-0.39, 0.29) is 24.9 Å². The van der Waals surface area contributed by atoms with Crippen molar-refractivity contribution < 1.29 is 24.5 Å². The highest BCUT2D eigenvalue weighted by Crippen LogP contribution is 2.17. The maximum atomic E-state index is 13.1. The van der Waals surface area contributed by atoms with Crippen LogP contribution in [-0.2, 0) is 14.3 Å². The van der Waals surface area contributed by atoms with Crippen LogP contribution >= 0.6 is 0 Å². The van der Waals surface area contributed by atoms with E-state index in [1.165, 1.54) is 109 Å². The standard InChI is InChI=1S/C52H91NO5/c1-4-7-10-13-16-19-22-24-25-27-30-32-35-38-41-44-50(55)49(47-54)53-51(56)46-48(43-40-37-34-31-29-26-23-20-17-14-11-8-5-2)58-52(57)45-42-39-36-33-28-21-18-15-12-9-6-3/h8,11,14-15,17-18,20,23,26,29,31,34,48-50,54-55H,4-7,9-10,12-13,16,19,21-22,24-25,27-28,30,32-33,35-47H2,1-3H3,(H,53,56)/b11-8+,17-14+,18-15-,23-20-,29-26-,34-31+. The molecule has 0 aliphatic rings. The maximum absolute atomic E-state index is 13.1. The van der Waals surface area contributed by atoms with E-state index in [0.29, 0.717) is 19.3 Å². The molecule has 6 heteroatoms. The summed E-state index contributed by atoms with van der Waals surface area (Å²) in [5.41, 5.74) is 0. The van der Waals surface area contributed by atoms with E-state index in [4.69, 9.17) is 4.74 Å². The molecule has 3 unspecified atom stereocenters. The number of carbonyl (C=O) groups is 2. The zero-order valence-electron chi connectivity index (χ0n) is 37.9. The Morgan fingerprint density at radius 2 is 0.983 bits per heavy atom. The van der Waals surface area contributed by atoms with Crippen LogP contribution in [0.2, 0.25) is 0 Å². The predicted octanol–water partition coefficient (Wildman–Crippen LogP) is 14.2. The molecule has 0 aliphatic heterocycles.